The van der Waals surface area contributed by atoms with Crippen molar-refractivity contribution < 1.29 is 23.9 Å². The molecule has 1 aromatic rings. The number of nitrogens with zero attached hydrogens (tertiary/aromatic N) is 1. The molecule has 86 valence electrons. The monoisotopic (exact) mass is 235 g/mol. The fourth-order valence-corrected chi connectivity index (χ4v) is 1.47. The predicted molar refractivity (Wildman–Crippen MR) is 55.0 cm³/mol. The van der Waals surface area contributed by atoms with Crippen LogP contribution in [0.15, 0.2) is 30.4 Å². The summed E-state index contributed by atoms with van der Waals surface area (Å²) in [4.78, 5) is 34.1. The van der Waals surface area contributed by atoms with Crippen LogP contribution in [-0.2, 0) is 9.59 Å². The summed E-state index contributed by atoms with van der Waals surface area (Å²) in [5.41, 5.74) is -0.557. The van der Waals surface area contributed by atoms with Gasteiger partial charge in [-0.1, -0.05) is 0 Å². The van der Waals surface area contributed by atoms with Crippen molar-refractivity contribution in [2.24, 2.45) is 0 Å². The molecule has 2 rings (SSSR count). The number of carboxylic acids is 1. The maximum absolute atomic E-state index is 13.1. The first kappa shape index (κ1) is 11.0. The van der Waals surface area contributed by atoms with Crippen LogP contribution in [0.4, 0.5) is 10.1 Å². The van der Waals surface area contributed by atoms with Gasteiger partial charge in [-0.2, -0.15) is 0 Å². The summed E-state index contributed by atoms with van der Waals surface area (Å²) in [6.45, 7) is 0. The molecule has 0 atom stereocenters. The van der Waals surface area contributed by atoms with Crippen LogP contribution < -0.4 is 4.90 Å². The molecule has 0 bridgehead atoms. The lowest BCUT2D eigenvalue weighted by atomic mass is 10.1. The van der Waals surface area contributed by atoms with Gasteiger partial charge in [0.15, 0.2) is 0 Å². The smallest absolute Gasteiger partial charge is 0.338 e. The molecule has 1 aliphatic rings. The molecule has 1 heterocycles. The van der Waals surface area contributed by atoms with Gasteiger partial charge in [0.25, 0.3) is 11.8 Å². The van der Waals surface area contributed by atoms with E-state index in [9.17, 15) is 18.8 Å². The van der Waals surface area contributed by atoms with E-state index < -0.39 is 29.2 Å². The van der Waals surface area contributed by atoms with Gasteiger partial charge in [-0.15, -0.1) is 0 Å². The van der Waals surface area contributed by atoms with Gasteiger partial charge in [0.2, 0.25) is 0 Å². The molecule has 0 saturated carbocycles. The first-order valence-corrected chi connectivity index (χ1v) is 4.59. The number of carbonyl (C=O) groups excluding carboxylic acids is 2. The lowest BCUT2D eigenvalue weighted by Gasteiger charge is -2.14. The van der Waals surface area contributed by atoms with Crippen LogP contribution in [0.1, 0.15) is 10.4 Å². The second-order valence-corrected chi connectivity index (χ2v) is 3.31. The molecular formula is C11H6FNO4. The SMILES string of the molecule is O=C(O)c1cc(N2C(=O)C=CC2=O)ccc1F. The molecule has 0 radical (unpaired) electrons. The normalized spacial score (nSPS) is 14.5. The molecule has 0 fully saturated rings. The summed E-state index contributed by atoms with van der Waals surface area (Å²) in [5.74, 6) is -3.55. The van der Waals surface area contributed by atoms with E-state index in [0.29, 0.717) is 0 Å². The summed E-state index contributed by atoms with van der Waals surface area (Å²) in [5, 5.41) is 8.72. The van der Waals surface area contributed by atoms with E-state index in [1.165, 1.54) is 6.07 Å². The van der Waals surface area contributed by atoms with E-state index in [0.717, 1.165) is 29.2 Å². The number of imide groups is 1. The zero-order chi connectivity index (χ0) is 12.6. The quantitative estimate of drug-likeness (QED) is 0.774. The average Bonchev–Trinajstić information content (AvgIpc) is 2.59. The Bertz CT molecular complexity index is 547. The van der Waals surface area contributed by atoms with Gasteiger partial charge in [-0.05, 0) is 18.2 Å². The minimum absolute atomic E-state index is 0.0313. The van der Waals surface area contributed by atoms with Crippen molar-refractivity contribution in [1.29, 1.82) is 0 Å². The van der Waals surface area contributed by atoms with Crippen molar-refractivity contribution in [2.75, 3.05) is 4.90 Å². The molecule has 5 nitrogen and oxygen atoms in total. The number of amides is 2. The van der Waals surface area contributed by atoms with Crippen LogP contribution in [0.2, 0.25) is 0 Å². The third kappa shape index (κ3) is 1.80. The number of benzene rings is 1. The minimum atomic E-state index is -1.46. The third-order valence-corrected chi connectivity index (χ3v) is 2.25. The number of hydrogen-bond acceptors (Lipinski definition) is 3. The molecule has 1 N–H and O–H groups in total. The Morgan fingerprint density at radius 1 is 1.18 bits per heavy atom. The van der Waals surface area contributed by atoms with Crippen molar-refractivity contribution in [3.8, 4) is 0 Å². The fraction of sp³-hybridized carbons (Fsp3) is 0. The second-order valence-electron chi connectivity index (χ2n) is 3.31. The Morgan fingerprint density at radius 2 is 1.76 bits per heavy atom. The highest BCUT2D eigenvalue weighted by Crippen LogP contribution is 2.22. The Kier molecular flexibility index (Phi) is 2.47. The predicted octanol–water partition coefficient (Wildman–Crippen LogP) is 0.953. The van der Waals surface area contributed by atoms with Gasteiger partial charge >= 0.3 is 5.97 Å². The number of carboxylic acid groups (broad SMARTS) is 1. The van der Waals surface area contributed by atoms with Crippen LogP contribution in [-0.4, -0.2) is 22.9 Å². The number of carbonyl (C=O) groups is 3. The molecule has 1 aromatic carbocycles. The largest absolute Gasteiger partial charge is 0.478 e. The van der Waals surface area contributed by atoms with Crippen molar-refractivity contribution in [3.63, 3.8) is 0 Å². The summed E-state index contributed by atoms with van der Waals surface area (Å²) < 4.78 is 13.1. The average molecular weight is 235 g/mol. The van der Waals surface area contributed by atoms with E-state index >= 15 is 0 Å². The number of aromatic carboxylic acids is 1. The highest BCUT2D eigenvalue weighted by atomic mass is 19.1. The van der Waals surface area contributed by atoms with Crippen molar-refractivity contribution in [1.82, 2.24) is 0 Å². The molecule has 0 unspecified atom stereocenters. The second kappa shape index (κ2) is 3.82. The van der Waals surface area contributed by atoms with Gasteiger partial charge in [0, 0.05) is 12.2 Å². The van der Waals surface area contributed by atoms with Crippen molar-refractivity contribution in [3.05, 3.63) is 41.7 Å². The molecule has 1 aliphatic heterocycles. The Hall–Kier alpha value is -2.50. The maximum atomic E-state index is 13.1. The highest BCUT2D eigenvalue weighted by molar-refractivity contribution is 6.28. The van der Waals surface area contributed by atoms with Crippen LogP contribution in [0.5, 0.6) is 0 Å². The standard InChI is InChI=1S/C11H6FNO4/c12-8-2-1-6(5-7(8)11(16)17)13-9(14)3-4-10(13)15/h1-5H,(H,16,17). The molecule has 17 heavy (non-hydrogen) atoms. The molecule has 0 spiro atoms. The van der Waals surface area contributed by atoms with E-state index in [4.69, 9.17) is 5.11 Å². The summed E-state index contributed by atoms with van der Waals surface area (Å²) in [6, 6.07) is 3.02. The zero-order valence-corrected chi connectivity index (χ0v) is 8.38. The van der Waals surface area contributed by atoms with E-state index in [2.05, 4.69) is 0 Å². The van der Waals surface area contributed by atoms with Gasteiger partial charge in [0.1, 0.15) is 5.82 Å². The van der Waals surface area contributed by atoms with E-state index in [1.54, 1.807) is 0 Å². The topological polar surface area (TPSA) is 74.7 Å². The number of anilines is 1. The number of rotatable bonds is 2. The first-order chi connectivity index (χ1) is 8.00. The van der Waals surface area contributed by atoms with Crippen LogP contribution >= 0.6 is 0 Å². The highest BCUT2D eigenvalue weighted by Gasteiger charge is 2.26. The zero-order valence-electron chi connectivity index (χ0n) is 8.38. The van der Waals surface area contributed by atoms with Crippen LogP contribution in [0.25, 0.3) is 0 Å². The molecule has 2 amide bonds. The van der Waals surface area contributed by atoms with Crippen molar-refractivity contribution in [2.45, 2.75) is 0 Å². The lowest BCUT2D eigenvalue weighted by Crippen LogP contribution is -2.29. The number of halogens is 1. The van der Waals surface area contributed by atoms with Crippen LogP contribution in [0.3, 0.4) is 0 Å². The third-order valence-electron chi connectivity index (χ3n) is 2.25. The summed E-state index contributed by atoms with van der Waals surface area (Å²) >= 11 is 0. The van der Waals surface area contributed by atoms with Gasteiger partial charge in [0.05, 0.1) is 11.3 Å². The number of hydrogen-bond donors (Lipinski definition) is 1. The minimum Gasteiger partial charge on any atom is -0.478 e. The van der Waals surface area contributed by atoms with Gasteiger partial charge in [-0.3, -0.25) is 9.59 Å². The lowest BCUT2D eigenvalue weighted by molar-refractivity contribution is -0.119. The Labute approximate surface area is 94.8 Å². The molecule has 0 aromatic heterocycles. The van der Waals surface area contributed by atoms with Gasteiger partial charge < -0.3 is 5.11 Å². The molecule has 0 saturated heterocycles. The molecular weight excluding hydrogens is 229 g/mol. The van der Waals surface area contributed by atoms with E-state index in [-0.39, 0.29) is 5.69 Å². The summed E-state index contributed by atoms with van der Waals surface area (Å²) in [7, 11) is 0. The maximum Gasteiger partial charge on any atom is 0.338 e. The van der Waals surface area contributed by atoms with E-state index in [1.807, 2.05) is 0 Å². The summed E-state index contributed by atoms with van der Waals surface area (Å²) in [6.07, 6.45) is 2.12. The molecule has 6 heteroatoms. The first-order valence-electron chi connectivity index (χ1n) is 4.59. The fourth-order valence-electron chi connectivity index (χ4n) is 1.47. The van der Waals surface area contributed by atoms with Gasteiger partial charge in [-0.25, -0.2) is 14.1 Å². The molecule has 0 aliphatic carbocycles. The Morgan fingerprint density at radius 3 is 2.29 bits per heavy atom. The van der Waals surface area contributed by atoms with Crippen LogP contribution in [0, 0.1) is 5.82 Å². The van der Waals surface area contributed by atoms with Crippen molar-refractivity contribution >= 4 is 23.5 Å². The Balaban J connectivity index is 2.47.